The maximum absolute atomic E-state index is 11.4. The summed E-state index contributed by atoms with van der Waals surface area (Å²) >= 11 is 0. The van der Waals surface area contributed by atoms with Crippen molar-refractivity contribution in [1.82, 2.24) is 0 Å². The summed E-state index contributed by atoms with van der Waals surface area (Å²) in [4.78, 5) is 11.4. The number of carboxylic acid groups (broad SMARTS) is 1. The minimum absolute atomic E-state index is 0.254. The molecule has 0 heterocycles. The second-order valence-electron chi connectivity index (χ2n) is 6.28. The minimum atomic E-state index is -0.783. The molecule has 4 aliphatic rings. The standard InChI is InChI=1S/C12H19NO2/c13-7-11-2-8-1-9(3-11)5-12(4-8,6-11)10(14)15/h8-9H,1-7,13H2,(H,14,15)/t8-,9-,11?,12?/m0/s1. The molecule has 3 nitrogen and oxygen atoms in total. The molecule has 84 valence electrons. The van der Waals surface area contributed by atoms with E-state index in [1.165, 1.54) is 19.3 Å². The van der Waals surface area contributed by atoms with E-state index in [0.29, 0.717) is 11.8 Å². The molecule has 4 rings (SSSR count). The average Bonchev–Trinajstić information content (AvgIpc) is 2.15. The smallest absolute Gasteiger partial charge is 0.0797 e. The van der Waals surface area contributed by atoms with E-state index in [1.807, 2.05) is 0 Å². The molecule has 0 unspecified atom stereocenters. The highest BCUT2D eigenvalue weighted by Crippen LogP contribution is 2.64. The largest absolute Gasteiger partial charge is 0.550 e. The molecule has 0 saturated heterocycles. The molecule has 0 aromatic rings. The van der Waals surface area contributed by atoms with Crippen molar-refractivity contribution in [2.45, 2.75) is 38.5 Å². The second-order valence-corrected chi connectivity index (χ2v) is 6.28. The summed E-state index contributed by atoms with van der Waals surface area (Å²) in [7, 11) is 0. The summed E-state index contributed by atoms with van der Waals surface area (Å²) < 4.78 is 0. The number of aliphatic carboxylic acids is 1. The second kappa shape index (κ2) is 2.76. The fourth-order valence-corrected chi connectivity index (χ4v) is 4.98. The highest BCUT2D eigenvalue weighted by molar-refractivity contribution is 5.73. The first-order valence-electron chi connectivity index (χ1n) is 6.08. The van der Waals surface area contributed by atoms with Gasteiger partial charge in [0.25, 0.3) is 0 Å². The molecule has 15 heavy (non-hydrogen) atoms. The number of rotatable bonds is 2. The van der Waals surface area contributed by atoms with Crippen molar-refractivity contribution in [3.05, 3.63) is 0 Å². The molecule has 2 atom stereocenters. The van der Waals surface area contributed by atoms with E-state index in [0.717, 1.165) is 25.8 Å². The fraction of sp³-hybridized carbons (Fsp3) is 0.917. The Morgan fingerprint density at radius 2 is 1.87 bits per heavy atom. The van der Waals surface area contributed by atoms with Crippen LogP contribution in [0.25, 0.3) is 0 Å². The van der Waals surface area contributed by atoms with Gasteiger partial charge in [-0.15, -0.1) is 0 Å². The molecule has 3 heteroatoms. The van der Waals surface area contributed by atoms with Gasteiger partial charge in [0.1, 0.15) is 0 Å². The zero-order chi connectivity index (χ0) is 10.7. The van der Waals surface area contributed by atoms with Crippen LogP contribution < -0.4 is 10.8 Å². The van der Waals surface area contributed by atoms with Crippen LogP contribution in [-0.2, 0) is 4.79 Å². The van der Waals surface area contributed by atoms with Crippen molar-refractivity contribution in [3.63, 3.8) is 0 Å². The lowest BCUT2D eigenvalue weighted by Gasteiger charge is -2.61. The van der Waals surface area contributed by atoms with Gasteiger partial charge in [-0.05, 0) is 50.4 Å². The molecule has 3 N–H and O–H groups in total. The first-order chi connectivity index (χ1) is 7.07. The Labute approximate surface area is 90.0 Å². The lowest BCUT2D eigenvalue weighted by molar-refractivity contribution is -0.407. The number of carbonyl (C=O) groups is 1. The van der Waals surface area contributed by atoms with Gasteiger partial charge >= 0.3 is 0 Å². The zero-order valence-corrected chi connectivity index (χ0v) is 9.13. The molecule has 0 spiro atoms. The summed E-state index contributed by atoms with van der Waals surface area (Å²) in [6.07, 6.45) is 6.32. The lowest BCUT2D eigenvalue weighted by Crippen LogP contribution is -2.66. The minimum Gasteiger partial charge on any atom is -0.550 e. The van der Waals surface area contributed by atoms with Gasteiger partial charge in [-0.1, -0.05) is 0 Å². The van der Waals surface area contributed by atoms with E-state index in [9.17, 15) is 9.90 Å². The zero-order valence-electron chi connectivity index (χ0n) is 9.13. The highest BCUT2D eigenvalue weighted by Gasteiger charge is 2.58. The van der Waals surface area contributed by atoms with Crippen molar-refractivity contribution in [1.29, 1.82) is 0 Å². The van der Waals surface area contributed by atoms with Crippen molar-refractivity contribution < 1.29 is 15.6 Å². The number of hydrogen-bond donors (Lipinski definition) is 1. The van der Waals surface area contributed by atoms with Gasteiger partial charge < -0.3 is 15.6 Å². The molecule has 4 fully saturated rings. The predicted octanol–water partition coefficient (Wildman–Crippen LogP) is -0.435. The number of carbonyl (C=O) groups excluding carboxylic acids is 1. The molecule has 0 radical (unpaired) electrons. The Morgan fingerprint density at radius 1 is 1.27 bits per heavy atom. The van der Waals surface area contributed by atoms with Crippen molar-refractivity contribution >= 4 is 5.97 Å². The molecule has 4 aliphatic carbocycles. The van der Waals surface area contributed by atoms with Gasteiger partial charge in [0.15, 0.2) is 0 Å². The van der Waals surface area contributed by atoms with E-state index in [1.54, 1.807) is 0 Å². The summed E-state index contributed by atoms with van der Waals surface area (Å²) in [5, 5.41) is 11.4. The fourth-order valence-electron chi connectivity index (χ4n) is 4.98. The van der Waals surface area contributed by atoms with Crippen LogP contribution in [0.15, 0.2) is 0 Å². The highest BCUT2D eigenvalue weighted by atomic mass is 16.4. The Hall–Kier alpha value is -0.570. The number of quaternary nitrogens is 1. The third-order valence-corrected chi connectivity index (χ3v) is 5.15. The summed E-state index contributed by atoms with van der Waals surface area (Å²) in [5.74, 6) is 0.506. The molecule has 0 aromatic carbocycles. The van der Waals surface area contributed by atoms with Gasteiger partial charge in [-0.25, -0.2) is 0 Å². The molecule has 0 aliphatic heterocycles. The van der Waals surface area contributed by atoms with E-state index in [2.05, 4.69) is 5.73 Å². The topological polar surface area (TPSA) is 67.8 Å². The first kappa shape index (κ1) is 9.64. The quantitative estimate of drug-likeness (QED) is 0.670. The Morgan fingerprint density at radius 3 is 2.33 bits per heavy atom. The van der Waals surface area contributed by atoms with Gasteiger partial charge in [0, 0.05) is 16.8 Å². The van der Waals surface area contributed by atoms with Crippen LogP contribution in [-0.4, -0.2) is 12.5 Å². The monoisotopic (exact) mass is 209 g/mol. The summed E-state index contributed by atoms with van der Waals surface area (Å²) in [6, 6.07) is 0. The summed E-state index contributed by atoms with van der Waals surface area (Å²) in [5.41, 5.74) is 3.84. The third kappa shape index (κ3) is 1.19. The normalized spacial score (nSPS) is 52.1. The lowest BCUT2D eigenvalue weighted by atomic mass is 9.44. The van der Waals surface area contributed by atoms with Crippen LogP contribution in [0.1, 0.15) is 38.5 Å². The Balaban J connectivity index is 1.99. The molecular weight excluding hydrogens is 190 g/mol. The van der Waals surface area contributed by atoms with E-state index < -0.39 is 11.4 Å². The average molecular weight is 209 g/mol. The van der Waals surface area contributed by atoms with Gasteiger partial charge in [0.05, 0.1) is 6.54 Å². The molecule has 0 amide bonds. The maximum Gasteiger partial charge on any atom is 0.0797 e. The van der Waals surface area contributed by atoms with Gasteiger partial charge in [0.2, 0.25) is 0 Å². The van der Waals surface area contributed by atoms with Crippen LogP contribution in [0.3, 0.4) is 0 Å². The predicted molar refractivity (Wildman–Crippen MR) is 52.3 cm³/mol. The Bertz CT molecular complexity index is 299. The SMILES string of the molecule is [NH3+]CC12C[C@@H]3C[C@@H](C1)CC(C(=O)[O-])(C3)C2. The molecule has 4 saturated carbocycles. The molecule has 4 bridgehead atoms. The van der Waals surface area contributed by atoms with Gasteiger partial charge in [-0.2, -0.15) is 0 Å². The van der Waals surface area contributed by atoms with Gasteiger partial charge in [-0.3, -0.25) is 0 Å². The number of hydrogen-bond acceptors (Lipinski definition) is 2. The third-order valence-electron chi connectivity index (χ3n) is 5.15. The van der Waals surface area contributed by atoms with Crippen molar-refractivity contribution in [2.24, 2.45) is 22.7 Å². The van der Waals surface area contributed by atoms with Crippen LogP contribution >= 0.6 is 0 Å². The first-order valence-corrected chi connectivity index (χ1v) is 6.08. The van der Waals surface area contributed by atoms with Crippen molar-refractivity contribution in [3.8, 4) is 0 Å². The van der Waals surface area contributed by atoms with E-state index in [4.69, 9.17) is 0 Å². The van der Waals surface area contributed by atoms with Crippen molar-refractivity contribution in [2.75, 3.05) is 6.54 Å². The molecular formula is C12H19NO2. The Kier molecular flexibility index (Phi) is 1.77. The van der Waals surface area contributed by atoms with E-state index in [-0.39, 0.29) is 5.41 Å². The van der Waals surface area contributed by atoms with Crippen LogP contribution in [0.5, 0.6) is 0 Å². The van der Waals surface area contributed by atoms with Crippen LogP contribution in [0.2, 0.25) is 0 Å². The maximum atomic E-state index is 11.4. The molecule has 0 aromatic heterocycles. The van der Waals surface area contributed by atoms with E-state index >= 15 is 0 Å². The number of carboxylic acids is 1. The van der Waals surface area contributed by atoms with Crippen LogP contribution in [0, 0.1) is 22.7 Å². The van der Waals surface area contributed by atoms with Crippen LogP contribution in [0.4, 0.5) is 0 Å². The summed E-state index contributed by atoms with van der Waals surface area (Å²) in [6.45, 7) is 0.912.